The van der Waals surface area contributed by atoms with E-state index in [-0.39, 0.29) is 17.7 Å². The molecule has 0 bridgehead atoms. The van der Waals surface area contributed by atoms with E-state index in [0.717, 1.165) is 37.0 Å². The standard InChI is InChI=1S/C25H29N5O3/c1-3-8-20-13-22(29-33-20)25(32)30-12-7-11-19(16-30)23-26-15-21(17(2)28-23)24(31)27-14-18-9-5-4-6-10-18/h4-6,9-10,13,15,19H,3,7-8,11-12,14,16H2,1-2H3,(H,27,31)/t19-/m0/s1. The second-order valence-electron chi connectivity index (χ2n) is 8.41. The van der Waals surface area contributed by atoms with Crippen LogP contribution < -0.4 is 5.32 Å². The van der Waals surface area contributed by atoms with Gasteiger partial charge in [0.2, 0.25) is 0 Å². The maximum absolute atomic E-state index is 12.9. The first-order valence-corrected chi connectivity index (χ1v) is 11.5. The number of carbonyl (C=O) groups excluding carboxylic acids is 2. The summed E-state index contributed by atoms with van der Waals surface area (Å²) in [5.74, 6) is 1.09. The molecular weight excluding hydrogens is 418 g/mol. The quantitative estimate of drug-likeness (QED) is 0.593. The average Bonchev–Trinajstić information content (AvgIpc) is 3.31. The lowest BCUT2D eigenvalue weighted by Gasteiger charge is -2.31. The molecule has 4 rings (SSSR count). The number of aryl methyl sites for hydroxylation is 2. The third-order valence-corrected chi connectivity index (χ3v) is 5.89. The van der Waals surface area contributed by atoms with Crippen LogP contribution in [0.4, 0.5) is 0 Å². The Bertz CT molecular complexity index is 1110. The Labute approximate surface area is 193 Å². The van der Waals surface area contributed by atoms with E-state index in [4.69, 9.17) is 4.52 Å². The fourth-order valence-corrected chi connectivity index (χ4v) is 4.09. The molecule has 1 aromatic carbocycles. The number of amides is 2. The molecule has 2 aromatic heterocycles. The van der Waals surface area contributed by atoms with Gasteiger partial charge in [0, 0.05) is 44.2 Å². The van der Waals surface area contributed by atoms with Crippen molar-refractivity contribution in [2.24, 2.45) is 0 Å². The Balaban J connectivity index is 1.40. The van der Waals surface area contributed by atoms with E-state index in [0.29, 0.717) is 42.4 Å². The van der Waals surface area contributed by atoms with E-state index in [1.807, 2.05) is 37.3 Å². The van der Waals surface area contributed by atoms with Crippen LogP contribution in [0, 0.1) is 6.92 Å². The first kappa shape index (κ1) is 22.6. The van der Waals surface area contributed by atoms with Crippen LogP contribution in [0.2, 0.25) is 0 Å². The molecule has 33 heavy (non-hydrogen) atoms. The summed E-state index contributed by atoms with van der Waals surface area (Å²) in [4.78, 5) is 36.4. The summed E-state index contributed by atoms with van der Waals surface area (Å²) < 4.78 is 5.27. The Morgan fingerprint density at radius 2 is 2.06 bits per heavy atom. The summed E-state index contributed by atoms with van der Waals surface area (Å²) in [6, 6.07) is 11.5. The van der Waals surface area contributed by atoms with Crippen molar-refractivity contribution in [1.29, 1.82) is 0 Å². The van der Waals surface area contributed by atoms with Gasteiger partial charge in [0.15, 0.2) is 5.69 Å². The van der Waals surface area contributed by atoms with Gasteiger partial charge in [0.25, 0.3) is 11.8 Å². The lowest BCUT2D eigenvalue weighted by atomic mass is 9.96. The number of piperidine rings is 1. The van der Waals surface area contributed by atoms with Crippen molar-refractivity contribution in [1.82, 2.24) is 25.3 Å². The van der Waals surface area contributed by atoms with Crippen LogP contribution in [0.1, 0.15) is 75.8 Å². The first-order chi connectivity index (χ1) is 16.0. The lowest BCUT2D eigenvalue weighted by Crippen LogP contribution is -2.39. The summed E-state index contributed by atoms with van der Waals surface area (Å²) in [6.07, 6.45) is 5.04. The van der Waals surface area contributed by atoms with Gasteiger partial charge in [-0.2, -0.15) is 0 Å². The molecule has 1 atom stereocenters. The topological polar surface area (TPSA) is 101 Å². The van der Waals surface area contributed by atoms with Crippen LogP contribution in [-0.2, 0) is 13.0 Å². The van der Waals surface area contributed by atoms with Crippen LogP contribution in [0.15, 0.2) is 47.1 Å². The number of aromatic nitrogens is 3. The lowest BCUT2D eigenvalue weighted by molar-refractivity contribution is 0.0694. The highest BCUT2D eigenvalue weighted by atomic mass is 16.5. The average molecular weight is 448 g/mol. The molecule has 0 radical (unpaired) electrons. The molecule has 8 heteroatoms. The van der Waals surface area contributed by atoms with Gasteiger partial charge in [0.1, 0.15) is 11.6 Å². The molecular formula is C25H29N5O3. The second-order valence-corrected chi connectivity index (χ2v) is 8.41. The number of nitrogens with zero attached hydrogens (tertiary/aromatic N) is 4. The number of likely N-dealkylation sites (tertiary alicyclic amines) is 1. The minimum Gasteiger partial charge on any atom is -0.361 e. The summed E-state index contributed by atoms with van der Waals surface area (Å²) in [7, 11) is 0. The van der Waals surface area contributed by atoms with Crippen molar-refractivity contribution >= 4 is 11.8 Å². The molecule has 0 spiro atoms. The Kier molecular flexibility index (Phi) is 7.12. The molecule has 1 aliphatic rings. The molecule has 1 aliphatic heterocycles. The van der Waals surface area contributed by atoms with Crippen LogP contribution in [0.5, 0.6) is 0 Å². The maximum atomic E-state index is 12.9. The maximum Gasteiger partial charge on any atom is 0.276 e. The SMILES string of the molecule is CCCc1cc(C(=O)N2CCC[C@H](c3ncc(C(=O)NCc4ccccc4)c(C)n3)C2)no1. The van der Waals surface area contributed by atoms with Crippen LogP contribution in [-0.4, -0.2) is 44.9 Å². The van der Waals surface area contributed by atoms with E-state index in [1.54, 1.807) is 17.2 Å². The number of hydrogen-bond donors (Lipinski definition) is 1. The predicted octanol–water partition coefficient (Wildman–Crippen LogP) is 3.68. The minimum atomic E-state index is -0.197. The normalized spacial score (nSPS) is 15.9. The molecule has 0 saturated carbocycles. The van der Waals surface area contributed by atoms with Gasteiger partial charge >= 0.3 is 0 Å². The van der Waals surface area contributed by atoms with E-state index in [2.05, 4.69) is 27.4 Å². The Morgan fingerprint density at radius 3 is 2.82 bits per heavy atom. The smallest absolute Gasteiger partial charge is 0.276 e. The van der Waals surface area contributed by atoms with E-state index in [1.165, 1.54) is 0 Å². The van der Waals surface area contributed by atoms with Crippen molar-refractivity contribution in [2.75, 3.05) is 13.1 Å². The molecule has 1 fully saturated rings. The predicted molar refractivity (Wildman–Crippen MR) is 123 cm³/mol. The first-order valence-electron chi connectivity index (χ1n) is 11.5. The number of benzene rings is 1. The van der Waals surface area contributed by atoms with Crippen molar-refractivity contribution in [3.05, 3.63) is 76.7 Å². The highest BCUT2D eigenvalue weighted by molar-refractivity contribution is 5.94. The number of rotatable bonds is 7. The zero-order valence-corrected chi connectivity index (χ0v) is 19.1. The highest BCUT2D eigenvalue weighted by Crippen LogP contribution is 2.26. The van der Waals surface area contributed by atoms with Gasteiger partial charge in [-0.25, -0.2) is 9.97 Å². The van der Waals surface area contributed by atoms with Gasteiger partial charge in [-0.15, -0.1) is 0 Å². The van der Waals surface area contributed by atoms with E-state index in [9.17, 15) is 9.59 Å². The Hall–Kier alpha value is -3.55. The summed E-state index contributed by atoms with van der Waals surface area (Å²) in [6.45, 7) is 5.51. The molecule has 8 nitrogen and oxygen atoms in total. The number of carbonyl (C=O) groups is 2. The monoisotopic (exact) mass is 447 g/mol. The zero-order chi connectivity index (χ0) is 23.2. The summed E-state index contributed by atoms with van der Waals surface area (Å²) in [5, 5.41) is 6.87. The van der Waals surface area contributed by atoms with Crippen LogP contribution in [0.25, 0.3) is 0 Å². The van der Waals surface area contributed by atoms with Gasteiger partial charge < -0.3 is 14.7 Å². The minimum absolute atomic E-state index is 0.0184. The zero-order valence-electron chi connectivity index (χ0n) is 19.1. The van der Waals surface area contributed by atoms with Crippen molar-refractivity contribution < 1.29 is 14.1 Å². The number of hydrogen-bond acceptors (Lipinski definition) is 6. The Morgan fingerprint density at radius 1 is 1.24 bits per heavy atom. The molecule has 0 aliphatic carbocycles. The fourth-order valence-electron chi connectivity index (χ4n) is 4.09. The molecule has 3 heterocycles. The van der Waals surface area contributed by atoms with Gasteiger partial charge in [0.05, 0.1) is 11.3 Å². The third kappa shape index (κ3) is 5.45. The van der Waals surface area contributed by atoms with Gasteiger partial charge in [-0.3, -0.25) is 9.59 Å². The third-order valence-electron chi connectivity index (χ3n) is 5.89. The van der Waals surface area contributed by atoms with E-state index >= 15 is 0 Å². The summed E-state index contributed by atoms with van der Waals surface area (Å²) in [5.41, 5.74) is 2.47. The van der Waals surface area contributed by atoms with Gasteiger partial charge in [-0.05, 0) is 31.7 Å². The molecule has 0 unspecified atom stereocenters. The molecule has 3 aromatic rings. The van der Waals surface area contributed by atoms with Crippen molar-refractivity contribution in [2.45, 2.75) is 52.0 Å². The van der Waals surface area contributed by atoms with Crippen LogP contribution >= 0.6 is 0 Å². The summed E-state index contributed by atoms with van der Waals surface area (Å²) >= 11 is 0. The molecule has 1 saturated heterocycles. The molecule has 2 amide bonds. The largest absolute Gasteiger partial charge is 0.361 e. The van der Waals surface area contributed by atoms with Gasteiger partial charge in [-0.1, -0.05) is 42.4 Å². The molecule has 172 valence electrons. The fraction of sp³-hybridized carbons (Fsp3) is 0.400. The number of nitrogens with one attached hydrogen (secondary N) is 1. The van der Waals surface area contributed by atoms with Crippen LogP contribution in [0.3, 0.4) is 0 Å². The van der Waals surface area contributed by atoms with E-state index < -0.39 is 0 Å². The second kappa shape index (κ2) is 10.4. The highest BCUT2D eigenvalue weighted by Gasteiger charge is 2.29. The van der Waals surface area contributed by atoms with Crippen molar-refractivity contribution in [3.63, 3.8) is 0 Å². The van der Waals surface area contributed by atoms with Crippen molar-refractivity contribution in [3.8, 4) is 0 Å². The molecule has 1 N–H and O–H groups in total.